The second kappa shape index (κ2) is 7.31. The Balaban J connectivity index is 1.61. The van der Waals surface area contributed by atoms with E-state index in [0.717, 1.165) is 6.54 Å². The van der Waals surface area contributed by atoms with E-state index in [1.165, 1.54) is 11.9 Å². The Hall–Kier alpha value is -3.02. The Labute approximate surface area is 135 Å². The molecule has 2 heterocycles. The van der Waals surface area contributed by atoms with E-state index in [4.69, 9.17) is 0 Å². The lowest BCUT2D eigenvalue weighted by Gasteiger charge is -2.13. The second-order valence-corrected chi connectivity index (χ2v) is 5.18. The summed E-state index contributed by atoms with van der Waals surface area (Å²) in [7, 11) is 0. The van der Waals surface area contributed by atoms with Crippen molar-refractivity contribution in [3.8, 4) is 0 Å². The molecule has 6 heteroatoms. The number of nitrogens with zero attached hydrogens (tertiary/aromatic N) is 4. The monoisotopic (exact) mass is 306 g/mol. The molecule has 23 heavy (non-hydrogen) atoms. The number of hydrogen-bond donors (Lipinski definition) is 2. The molecule has 1 aromatic carbocycles. The van der Waals surface area contributed by atoms with Gasteiger partial charge in [0.25, 0.3) is 0 Å². The standard InChI is InChI=1S/C17H18N6/c1-13(14-5-3-2-4-6-14)11-20-17-19-10-8-16(23-17)22-15-7-9-18-12-21-15/h2-10,12-13H,11H2,1H3,(H2,18,19,20,21,22,23)/t13-/m1/s1. The van der Waals surface area contributed by atoms with Crippen LogP contribution >= 0.6 is 0 Å². The van der Waals surface area contributed by atoms with Crippen LogP contribution in [0, 0.1) is 0 Å². The van der Waals surface area contributed by atoms with Gasteiger partial charge in [-0.25, -0.2) is 15.0 Å². The number of aromatic nitrogens is 4. The van der Waals surface area contributed by atoms with Crippen LogP contribution in [0.4, 0.5) is 17.6 Å². The Morgan fingerprint density at radius 1 is 0.957 bits per heavy atom. The van der Waals surface area contributed by atoms with Crippen LogP contribution in [-0.2, 0) is 0 Å². The number of benzene rings is 1. The van der Waals surface area contributed by atoms with Gasteiger partial charge >= 0.3 is 0 Å². The average Bonchev–Trinajstić information content (AvgIpc) is 2.62. The molecule has 3 aromatic rings. The van der Waals surface area contributed by atoms with E-state index in [9.17, 15) is 0 Å². The maximum absolute atomic E-state index is 4.44. The lowest BCUT2D eigenvalue weighted by atomic mass is 10.0. The molecule has 3 rings (SSSR count). The molecule has 0 saturated carbocycles. The average molecular weight is 306 g/mol. The van der Waals surface area contributed by atoms with Gasteiger partial charge in [-0.05, 0) is 23.6 Å². The van der Waals surface area contributed by atoms with E-state index in [2.05, 4.69) is 61.8 Å². The summed E-state index contributed by atoms with van der Waals surface area (Å²) in [5.41, 5.74) is 1.29. The van der Waals surface area contributed by atoms with E-state index in [-0.39, 0.29) is 0 Å². The molecule has 0 aliphatic carbocycles. The number of nitrogens with one attached hydrogen (secondary N) is 2. The Kier molecular flexibility index (Phi) is 4.73. The van der Waals surface area contributed by atoms with E-state index in [1.54, 1.807) is 24.5 Å². The fraction of sp³-hybridized carbons (Fsp3) is 0.176. The molecule has 0 spiro atoms. The first-order valence-corrected chi connectivity index (χ1v) is 7.46. The normalized spacial score (nSPS) is 11.7. The number of rotatable bonds is 6. The van der Waals surface area contributed by atoms with Crippen LogP contribution in [0.3, 0.4) is 0 Å². The van der Waals surface area contributed by atoms with Crippen molar-refractivity contribution in [3.63, 3.8) is 0 Å². The van der Waals surface area contributed by atoms with Gasteiger partial charge in [0.1, 0.15) is 18.0 Å². The van der Waals surface area contributed by atoms with E-state index in [0.29, 0.717) is 23.5 Å². The third-order valence-corrected chi connectivity index (χ3v) is 3.43. The maximum atomic E-state index is 4.44. The molecule has 0 saturated heterocycles. The van der Waals surface area contributed by atoms with Crippen molar-refractivity contribution in [1.29, 1.82) is 0 Å². The molecular formula is C17H18N6. The van der Waals surface area contributed by atoms with Gasteiger partial charge in [-0.15, -0.1) is 0 Å². The van der Waals surface area contributed by atoms with Gasteiger partial charge < -0.3 is 10.6 Å². The minimum absolute atomic E-state index is 0.373. The van der Waals surface area contributed by atoms with Gasteiger partial charge in [-0.2, -0.15) is 4.98 Å². The van der Waals surface area contributed by atoms with Crippen molar-refractivity contribution in [1.82, 2.24) is 19.9 Å². The lowest BCUT2D eigenvalue weighted by Crippen LogP contribution is -2.12. The molecule has 6 nitrogen and oxygen atoms in total. The van der Waals surface area contributed by atoms with E-state index >= 15 is 0 Å². The highest BCUT2D eigenvalue weighted by Gasteiger charge is 2.06. The van der Waals surface area contributed by atoms with Gasteiger partial charge in [0.05, 0.1) is 0 Å². The van der Waals surface area contributed by atoms with Crippen LogP contribution < -0.4 is 10.6 Å². The molecule has 0 aliphatic rings. The summed E-state index contributed by atoms with van der Waals surface area (Å²) in [5, 5.41) is 6.40. The zero-order valence-electron chi connectivity index (χ0n) is 12.8. The Morgan fingerprint density at radius 2 is 1.78 bits per heavy atom. The quantitative estimate of drug-likeness (QED) is 0.728. The number of anilines is 3. The van der Waals surface area contributed by atoms with Crippen LogP contribution in [0.2, 0.25) is 0 Å². The predicted octanol–water partition coefficient (Wildman–Crippen LogP) is 3.23. The SMILES string of the molecule is C[C@H](CNc1nccc(Nc2ccncn2)n1)c1ccccc1. The fourth-order valence-corrected chi connectivity index (χ4v) is 2.15. The van der Waals surface area contributed by atoms with Crippen molar-refractivity contribution in [2.45, 2.75) is 12.8 Å². The zero-order chi connectivity index (χ0) is 15.9. The molecule has 0 unspecified atom stereocenters. The first-order chi connectivity index (χ1) is 11.3. The first-order valence-electron chi connectivity index (χ1n) is 7.46. The van der Waals surface area contributed by atoms with Crippen molar-refractivity contribution < 1.29 is 0 Å². The highest BCUT2D eigenvalue weighted by atomic mass is 15.2. The molecule has 0 amide bonds. The molecule has 2 N–H and O–H groups in total. The molecule has 0 radical (unpaired) electrons. The summed E-state index contributed by atoms with van der Waals surface area (Å²) in [4.78, 5) is 16.7. The predicted molar refractivity (Wildman–Crippen MR) is 90.7 cm³/mol. The minimum Gasteiger partial charge on any atom is -0.354 e. The molecule has 0 fully saturated rings. The zero-order valence-corrected chi connectivity index (χ0v) is 12.8. The highest BCUT2D eigenvalue weighted by molar-refractivity contribution is 5.51. The maximum Gasteiger partial charge on any atom is 0.224 e. The van der Waals surface area contributed by atoms with Gasteiger partial charge in [-0.1, -0.05) is 37.3 Å². The van der Waals surface area contributed by atoms with E-state index < -0.39 is 0 Å². The van der Waals surface area contributed by atoms with Crippen LogP contribution in [0.25, 0.3) is 0 Å². The van der Waals surface area contributed by atoms with Crippen LogP contribution in [0.15, 0.2) is 61.2 Å². The van der Waals surface area contributed by atoms with Crippen molar-refractivity contribution >= 4 is 17.6 Å². The molecule has 116 valence electrons. The lowest BCUT2D eigenvalue weighted by molar-refractivity contribution is 0.797. The summed E-state index contributed by atoms with van der Waals surface area (Å²) in [6.45, 7) is 2.94. The summed E-state index contributed by atoms with van der Waals surface area (Å²) in [5.74, 6) is 2.35. The molecule has 1 atom stereocenters. The number of hydrogen-bond acceptors (Lipinski definition) is 6. The summed E-state index contributed by atoms with van der Waals surface area (Å²) in [6.07, 6.45) is 4.88. The first kappa shape index (κ1) is 14.9. The molecule has 2 aromatic heterocycles. The largest absolute Gasteiger partial charge is 0.354 e. The van der Waals surface area contributed by atoms with Crippen LogP contribution in [0.1, 0.15) is 18.4 Å². The highest BCUT2D eigenvalue weighted by Crippen LogP contribution is 2.16. The van der Waals surface area contributed by atoms with Gasteiger partial charge in [0.2, 0.25) is 5.95 Å². The molecular weight excluding hydrogens is 288 g/mol. The van der Waals surface area contributed by atoms with Crippen molar-refractivity contribution in [3.05, 3.63) is 66.7 Å². The van der Waals surface area contributed by atoms with Gasteiger partial charge in [0, 0.05) is 18.9 Å². The molecule has 0 aliphatic heterocycles. The Bertz CT molecular complexity index is 732. The molecule has 0 bridgehead atoms. The van der Waals surface area contributed by atoms with Gasteiger partial charge in [0.15, 0.2) is 0 Å². The third kappa shape index (κ3) is 4.23. The second-order valence-electron chi connectivity index (χ2n) is 5.18. The third-order valence-electron chi connectivity index (χ3n) is 3.43. The van der Waals surface area contributed by atoms with Crippen molar-refractivity contribution in [2.75, 3.05) is 17.2 Å². The summed E-state index contributed by atoms with van der Waals surface area (Å²) in [6, 6.07) is 14.0. The minimum atomic E-state index is 0.373. The summed E-state index contributed by atoms with van der Waals surface area (Å²) < 4.78 is 0. The smallest absolute Gasteiger partial charge is 0.224 e. The van der Waals surface area contributed by atoms with E-state index in [1.807, 2.05) is 6.07 Å². The Morgan fingerprint density at radius 3 is 2.57 bits per heavy atom. The van der Waals surface area contributed by atoms with Crippen molar-refractivity contribution in [2.24, 2.45) is 0 Å². The summed E-state index contributed by atoms with van der Waals surface area (Å²) >= 11 is 0. The van der Waals surface area contributed by atoms with Gasteiger partial charge in [-0.3, -0.25) is 0 Å². The van der Waals surface area contributed by atoms with Crippen LogP contribution in [0.5, 0.6) is 0 Å². The topological polar surface area (TPSA) is 75.6 Å². The fourth-order valence-electron chi connectivity index (χ4n) is 2.15. The van der Waals surface area contributed by atoms with Crippen LogP contribution in [-0.4, -0.2) is 26.5 Å².